The van der Waals surface area contributed by atoms with Crippen molar-refractivity contribution in [2.45, 2.75) is 69.9 Å². The predicted molar refractivity (Wildman–Crippen MR) is 82.0 cm³/mol. The predicted octanol–water partition coefficient (Wildman–Crippen LogP) is 1.64. The van der Waals surface area contributed by atoms with Crippen LogP contribution in [0.4, 0.5) is 0 Å². The molecular formula is C15H28N2O3S. The molecular weight excluding hydrogens is 288 g/mol. The zero-order chi connectivity index (χ0) is 14.9. The highest BCUT2D eigenvalue weighted by molar-refractivity contribution is 7.87. The van der Waals surface area contributed by atoms with E-state index < -0.39 is 10.2 Å². The molecule has 5 nitrogen and oxygen atoms in total. The van der Waals surface area contributed by atoms with Gasteiger partial charge in [-0.15, -0.1) is 0 Å². The Bertz CT molecular complexity index is 448. The highest BCUT2D eigenvalue weighted by Gasteiger charge is 2.44. The van der Waals surface area contributed by atoms with Gasteiger partial charge in [0.1, 0.15) is 0 Å². The zero-order valence-corrected chi connectivity index (χ0v) is 13.5. The number of aliphatic hydroxyl groups excluding tert-OH is 1. The molecule has 0 radical (unpaired) electrons. The normalized spacial score (nSPS) is 32.6. The molecule has 3 unspecified atom stereocenters. The Hall–Kier alpha value is -0.170. The van der Waals surface area contributed by atoms with Gasteiger partial charge >= 0.3 is 0 Å². The number of aliphatic hydroxyl groups is 1. The molecule has 1 saturated heterocycles. The Morgan fingerprint density at radius 3 is 2.48 bits per heavy atom. The molecule has 3 rings (SSSR count). The minimum Gasteiger partial charge on any atom is -0.395 e. The first kappa shape index (κ1) is 15.7. The van der Waals surface area contributed by atoms with Crippen molar-refractivity contribution >= 4 is 10.2 Å². The molecule has 0 aromatic carbocycles. The molecule has 2 saturated carbocycles. The Balaban J connectivity index is 1.57. The van der Waals surface area contributed by atoms with Crippen LogP contribution in [-0.4, -0.2) is 43.1 Å². The fourth-order valence-electron chi connectivity index (χ4n) is 4.44. The average molecular weight is 316 g/mol. The lowest BCUT2D eigenvalue weighted by Crippen LogP contribution is -2.49. The van der Waals surface area contributed by atoms with Crippen molar-refractivity contribution in [1.29, 1.82) is 0 Å². The number of nitrogens with zero attached hydrogens (tertiary/aromatic N) is 1. The van der Waals surface area contributed by atoms with E-state index in [0.717, 1.165) is 19.3 Å². The average Bonchev–Trinajstić information content (AvgIpc) is 3.10. The summed E-state index contributed by atoms with van der Waals surface area (Å²) in [6, 6.07) is -0.126. The number of hydrogen-bond acceptors (Lipinski definition) is 3. The molecule has 122 valence electrons. The molecule has 1 heterocycles. The van der Waals surface area contributed by atoms with Crippen LogP contribution < -0.4 is 4.72 Å². The minimum absolute atomic E-state index is 0.0995. The maximum atomic E-state index is 12.5. The molecule has 1 aliphatic heterocycles. The van der Waals surface area contributed by atoms with Gasteiger partial charge in [0.2, 0.25) is 0 Å². The summed E-state index contributed by atoms with van der Waals surface area (Å²) in [6.07, 6.45) is 10.1. The van der Waals surface area contributed by atoms with Crippen LogP contribution in [0.2, 0.25) is 0 Å². The van der Waals surface area contributed by atoms with Crippen molar-refractivity contribution in [3.8, 4) is 0 Å². The number of fused-ring (bicyclic) bond motifs is 2. The van der Waals surface area contributed by atoms with E-state index in [0.29, 0.717) is 18.4 Å². The summed E-state index contributed by atoms with van der Waals surface area (Å²) in [7, 11) is -3.43. The highest BCUT2D eigenvalue weighted by Crippen LogP contribution is 2.38. The van der Waals surface area contributed by atoms with Gasteiger partial charge in [-0.2, -0.15) is 17.4 Å². The first-order valence-electron chi connectivity index (χ1n) is 8.48. The molecule has 2 aliphatic carbocycles. The molecule has 0 aromatic heterocycles. The van der Waals surface area contributed by atoms with Crippen molar-refractivity contribution in [3.05, 3.63) is 0 Å². The SMILES string of the molecule is O=S(=O)(NC(CO)CC1CCCCC1)N1CC2CCC1C2. The summed E-state index contributed by atoms with van der Waals surface area (Å²) in [5.41, 5.74) is 0. The second-order valence-corrected chi connectivity index (χ2v) is 8.80. The van der Waals surface area contributed by atoms with Gasteiger partial charge in [-0.1, -0.05) is 32.1 Å². The Morgan fingerprint density at radius 2 is 1.90 bits per heavy atom. The number of piperidine rings is 1. The Labute approximate surface area is 128 Å². The maximum Gasteiger partial charge on any atom is 0.280 e. The molecule has 21 heavy (non-hydrogen) atoms. The molecule has 2 N–H and O–H groups in total. The lowest BCUT2D eigenvalue weighted by molar-refractivity contribution is 0.214. The van der Waals surface area contributed by atoms with Crippen LogP contribution in [0.25, 0.3) is 0 Å². The van der Waals surface area contributed by atoms with Gasteiger partial charge in [0.25, 0.3) is 10.2 Å². The van der Waals surface area contributed by atoms with Crippen molar-refractivity contribution in [2.24, 2.45) is 11.8 Å². The highest BCUT2D eigenvalue weighted by atomic mass is 32.2. The standard InChI is InChI=1S/C15H28N2O3S/c18-11-14(8-12-4-2-1-3-5-12)16-21(19,20)17-10-13-6-7-15(17)9-13/h12-16,18H,1-11H2. The largest absolute Gasteiger partial charge is 0.395 e. The van der Waals surface area contributed by atoms with E-state index in [1.807, 2.05) is 0 Å². The van der Waals surface area contributed by atoms with Crippen molar-refractivity contribution in [1.82, 2.24) is 9.03 Å². The first-order valence-corrected chi connectivity index (χ1v) is 9.92. The van der Waals surface area contributed by atoms with Gasteiger partial charge < -0.3 is 5.11 Å². The maximum absolute atomic E-state index is 12.5. The van der Waals surface area contributed by atoms with Gasteiger partial charge in [0, 0.05) is 18.6 Å². The van der Waals surface area contributed by atoms with Crippen LogP contribution in [-0.2, 0) is 10.2 Å². The molecule has 2 bridgehead atoms. The topological polar surface area (TPSA) is 69.6 Å². The van der Waals surface area contributed by atoms with Crippen LogP contribution in [0.5, 0.6) is 0 Å². The summed E-state index contributed by atoms with van der Waals surface area (Å²) in [4.78, 5) is 0. The second-order valence-electron chi connectivity index (χ2n) is 7.14. The summed E-state index contributed by atoms with van der Waals surface area (Å²) in [5, 5.41) is 9.55. The Kier molecular flexibility index (Phi) is 4.88. The van der Waals surface area contributed by atoms with E-state index >= 15 is 0 Å². The van der Waals surface area contributed by atoms with Gasteiger partial charge in [-0.05, 0) is 37.5 Å². The molecule has 3 fully saturated rings. The fourth-order valence-corrected chi connectivity index (χ4v) is 6.16. The van der Waals surface area contributed by atoms with Crippen molar-refractivity contribution in [3.63, 3.8) is 0 Å². The van der Waals surface area contributed by atoms with Crippen LogP contribution in [0.3, 0.4) is 0 Å². The fraction of sp³-hybridized carbons (Fsp3) is 1.00. The van der Waals surface area contributed by atoms with E-state index in [4.69, 9.17) is 0 Å². The molecule has 3 atom stereocenters. The third-order valence-electron chi connectivity index (χ3n) is 5.55. The lowest BCUT2D eigenvalue weighted by atomic mass is 9.85. The monoisotopic (exact) mass is 316 g/mol. The first-order chi connectivity index (χ1) is 10.1. The molecule has 0 amide bonds. The quantitative estimate of drug-likeness (QED) is 0.782. The Morgan fingerprint density at radius 1 is 1.14 bits per heavy atom. The number of rotatable bonds is 6. The summed E-state index contributed by atoms with van der Waals surface area (Å²) < 4.78 is 29.5. The van der Waals surface area contributed by atoms with Crippen LogP contribution >= 0.6 is 0 Å². The van der Waals surface area contributed by atoms with E-state index in [1.54, 1.807) is 4.31 Å². The number of nitrogens with one attached hydrogen (secondary N) is 1. The van der Waals surface area contributed by atoms with E-state index in [1.165, 1.54) is 38.5 Å². The van der Waals surface area contributed by atoms with E-state index in [-0.39, 0.29) is 18.7 Å². The van der Waals surface area contributed by atoms with Crippen molar-refractivity contribution in [2.75, 3.05) is 13.2 Å². The number of hydrogen-bond donors (Lipinski definition) is 2. The second kappa shape index (κ2) is 6.52. The van der Waals surface area contributed by atoms with Gasteiger partial charge in [0.15, 0.2) is 0 Å². The summed E-state index contributed by atoms with van der Waals surface area (Å²) >= 11 is 0. The zero-order valence-electron chi connectivity index (χ0n) is 12.7. The third kappa shape index (κ3) is 3.60. The van der Waals surface area contributed by atoms with E-state index in [2.05, 4.69) is 4.72 Å². The van der Waals surface area contributed by atoms with Gasteiger partial charge in [-0.25, -0.2) is 0 Å². The summed E-state index contributed by atoms with van der Waals surface area (Å²) in [5.74, 6) is 1.12. The van der Waals surface area contributed by atoms with Gasteiger partial charge in [0.05, 0.1) is 6.61 Å². The molecule has 0 aromatic rings. The summed E-state index contributed by atoms with van der Waals surface area (Å²) in [6.45, 7) is 0.569. The molecule has 3 aliphatic rings. The molecule has 0 spiro atoms. The van der Waals surface area contributed by atoms with E-state index in [9.17, 15) is 13.5 Å². The van der Waals surface area contributed by atoms with Gasteiger partial charge in [-0.3, -0.25) is 0 Å². The minimum atomic E-state index is -3.43. The van der Waals surface area contributed by atoms with Crippen LogP contribution in [0.15, 0.2) is 0 Å². The third-order valence-corrected chi connectivity index (χ3v) is 7.24. The van der Waals surface area contributed by atoms with Crippen LogP contribution in [0, 0.1) is 11.8 Å². The van der Waals surface area contributed by atoms with Crippen molar-refractivity contribution < 1.29 is 13.5 Å². The lowest BCUT2D eigenvalue weighted by Gasteiger charge is -2.30. The molecule has 6 heteroatoms. The van der Waals surface area contributed by atoms with Crippen LogP contribution in [0.1, 0.15) is 57.8 Å². The smallest absolute Gasteiger partial charge is 0.280 e.